The summed E-state index contributed by atoms with van der Waals surface area (Å²) in [5.41, 5.74) is 1.78. The first-order valence-electron chi connectivity index (χ1n) is 5.40. The third kappa shape index (κ3) is 2.53. The summed E-state index contributed by atoms with van der Waals surface area (Å²) in [6, 6.07) is 7.09. The van der Waals surface area contributed by atoms with Gasteiger partial charge < -0.3 is 9.15 Å². The van der Waals surface area contributed by atoms with E-state index >= 15 is 0 Å². The number of hydrogen-bond acceptors (Lipinski definition) is 4. The zero-order valence-electron chi connectivity index (χ0n) is 9.77. The third-order valence-electron chi connectivity index (χ3n) is 2.25. The van der Waals surface area contributed by atoms with E-state index in [1.807, 2.05) is 19.1 Å². The number of carbonyl (C=O) groups is 1. The first-order chi connectivity index (χ1) is 8.20. The molecule has 0 aliphatic heterocycles. The molecule has 0 spiro atoms. The first-order valence-corrected chi connectivity index (χ1v) is 5.40. The molecule has 0 N–H and O–H groups in total. The number of aryl methyl sites for hydroxylation is 1. The van der Waals surface area contributed by atoms with Crippen molar-refractivity contribution in [3.05, 3.63) is 41.8 Å². The predicted molar refractivity (Wildman–Crippen MR) is 62.6 cm³/mol. The van der Waals surface area contributed by atoms with Crippen LogP contribution in [0.2, 0.25) is 0 Å². The van der Waals surface area contributed by atoms with Gasteiger partial charge in [0, 0.05) is 6.20 Å². The predicted octanol–water partition coefficient (Wildman–Crippen LogP) is 2.83. The largest absolute Gasteiger partial charge is 0.460 e. The summed E-state index contributed by atoms with van der Waals surface area (Å²) in [5.74, 6) is 0.308. The van der Waals surface area contributed by atoms with Crippen LogP contribution in [0.4, 0.5) is 0 Å². The van der Waals surface area contributed by atoms with Gasteiger partial charge in [-0.1, -0.05) is 6.07 Å². The molecule has 0 radical (unpaired) electrons. The second kappa shape index (κ2) is 4.82. The molecule has 0 fully saturated rings. The highest BCUT2D eigenvalue weighted by Gasteiger charge is 2.13. The normalized spacial score (nSPS) is 10.2. The molecule has 17 heavy (non-hydrogen) atoms. The summed E-state index contributed by atoms with van der Waals surface area (Å²) in [5, 5.41) is 0. The van der Waals surface area contributed by atoms with Crippen molar-refractivity contribution in [3.63, 3.8) is 0 Å². The van der Waals surface area contributed by atoms with Crippen LogP contribution < -0.4 is 0 Å². The van der Waals surface area contributed by atoms with Gasteiger partial charge in [-0.25, -0.2) is 4.79 Å². The molecule has 0 amide bonds. The summed E-state index contributed by atoms with van der Waals surface area (Å²) < 4.78 is 10.2. The lowest BCUT2D eigenvalue weighted by atomic mass is 10.2. The maximum Gasteiger partial charge on any atom is 0.374 e. The number of nitrogens with zero attached hydrogens (tertiary/aromatic N) is 1. The van der Waals surface area contributed by atoms with E-state index in [0.29, 0.717) is 18.1 Å². The van der Waals surface area contributed by atoms with Crippen molar-refractivity contribution in [2.75, 3.05) is 6.61 Å². The topological polar surface area (TPSA) is 52.3 Å². The van der Waals surface area contributed by atoms with Crippen LogP contribution >= 0.6 is 0 Å². The lowest BCUT2D eigenvalue weighted by molar-refractivity contribution is 0.0491. The number of rotatable bonds is 3. The maximum atomic E-state index is 11.4. The average molecular weight is 231 g/mol. The molecule has 0 aromatic carbocycles. The molecule has 88 valence electrons. The first kappa shape index (κ1) is 11.4. The van der Waals surface area contributed by atoms with Crippen molar-refractivity contribution >= 4 is 5.97 Å². The van der Waals surface area contributed by atoms with Crippen LogP contribution in [0.1, 0.15) is 23.0 Å². The molecule has 0 aliphatic rings. The Kier molecular flexibility index (Phi) is 3.23. The van der Waals surface area contributed by atoms with Crippen LogP contribution in [-0.2, 0) is 4.74 Å². The fourth-order valence-electron chi connectivity index (χ4n) is 1.40. The highest BCUT2D eigenvalue weighted by molar-refractivity contribution is 5.87. The van der Waals surface area contributed by atoms with E-state index in [9.17, 15) is 4.79 Å². The Bertz CT molecular complexity index is 514. The second-order valence-electron chi connectivity index (χ2n) is 3.61. The second-order valence-corrected chi connectivity index (χ2v) is 3.61. The Morgan fingerprint density at radius 3 is 2.82 bits per heavy atom. The molecule has 0 aliphatic carbocycles. The zero-order chi connectivity index (χ0) is 12.3. The Morgan fingerprint density at radius 1 is 1.35 bits per heavy atom. The number of carbonyl (C=O) groups excluding carboxylic acids is 1. The van der Waals surface area contributed by atoms with Crippen molar-refractivity contribution in [2.24, 2.45) is 0 Å². The van der Waals surface area contributed by atoms with E-state index in [2.05, 4.69) is 4.98 Å². The molecule has 0 bridgehead atoms. The number of esters is 1. The molecular formula is C13H13NO3. The fraction of sp³-hybridized carbons (Fsp3) is 0.231. The van der Waals surface area contributed by atoms with E-state index in [-0.39, 0.29) is 5.76 Å². The third-order valence-corrected chi connectivity index (χ3v) is 2.25. The van der Waals surface area contributed by atoms with Gasteiger partial charge in [0.05, 0.1) is 6.61 Å². The van der Waals surface area contributed by atoms with Crippen molar-refractivity contribution in [2.45, 2.75) is 13.8 Å². The van der Waals surface area contributed by atoms with Gasteiger partial charge in [-0.3, -0.25) is 4.98 Å². The molecule has 2 aromatic heterocycles. The van der Waals surface area contributed by atoms with Crippen LogP contribution in [0, 0.1) is 6.92 Å². The number of ether oxygens (including phenoxy) is 1. The molecular weight excluding hydrogens is 218 g/mol. The van der Waals surface area contributed by atoms with Gasteiger partial charge in [0.25, 0.3) is 0 Å². The lowest BCUT2D eigenvalue weighted by Crippen LogP contribution is -2.02. The highest BCUT2D eigenvalue weighted by atomic mass is 16.5. The molecule has 2 heterocycles. The monoisotopic (exact) mass is 231 g/mol. The average Bonchev–Trinajstić information content (AvgIpc) is 2.80. The smallest absolute Gasteiger partial charge is 0.374 e. The van der Waals surface area contributed by atoms with Gasteiger partial charge in [0.15, 0.2) is 5.76 Å². The van der Waals surface area contributed by atoms with Crippen LogP contribution in [0.15, 0.2) is 34.9 Å². The summed E-state index contributed by atoms with van der Waals surface area (Å²) >= 11 is 0. The minimum atomic E-state index is -0.453. The van der Waals surface area contributed by atoms with E-state index in [4.69, 9.17) is 9.15 Å². The van der Waals surface area contributed by atoms with E-state index in [1.54, 1.807) is 25.3 Å². The number of aromatic nitrogens is 1. The minimum Gasteiger partial charge on any atom is -0.460 e. The highest BCUT2D eigenvalue weighted by Crippen LogP contribution is 2.20. The van der Waals surface area contributed by atoms with Gasteiger partial charge in [0.1, 0.15) is 5.69 Å². The Balaban J connectivity index is 2.23. The minimum absolute atomic E-state index is 0.198. The van der Waals surface area contributed by atoms with Gasteiger partial charge in [-0.15, -0.1) is 0 Å². The van der Waals surface area contributed by atoms with E-state index in [0.717, 1.165) is 5.56 Å². The van der Waals surface area contributed by atoms with Crippen LogP contribution in [0.3, 0.4) is 0 Å². The van der Waals surface area contributed by atoms with E-state index < -0.39 is 5.97 Å². The van der Waals surface area contributed by atoms with Gasteiger partial charge in [-0.05, 0) is 37.6 Å². The van der Waals surface area contributed by atoms with Crippen molar-refractivity contribution < 1.29 is 13.9 Å². The summed E-state index contributed by atoms with van der Waals surface area (Å²) in [4.78, 5) is 15.6. The number of furan rings is 1. The maximum absolute atomic E-state index is 11.4. The van der Waals surface area contributed by atoms with Crippen LogP contribution in [0.25, 0.3) is 11.5 Å². The number of hydrogen-bond donors (Lipinski definition) is 0. The molecule has 0 saturated carbocycles. The summed E-state index contributed by atoms with van der Waals surface area (Å²) in [6.07, 6.45) is 1.75. The molecule has 0 unspecified atom stereocenters. The fourth-order valence-corrected chi connectivity index (χ4v) is 1.40. The Labute approximate surface area is 99.2 Å². The van der Waals surface area contributed by atoms with Gasteiger partial charge >= 0.3 is 5.97 Å². The van der Waals surface area contributed by atoms with Gasteiger partial charge in [-0.2, -0.15) is 0 Å². The van der Waals surface area contributed by atoms with Crippen molar-refractivity contribution in [1.29, 1.82) is 0 Å². The molecule has 4 heteroatoms. The molecule has 0 atom stereocenters. The molecule has 0 saturated heterocycles. The number of pyridine rings is 1. The SMILES string of the molecule is CCOC(=O)c1ccc(-c2ccc(C)cn2)o1. The quantitative estimate of drug-likeness (QED) is 0.762. The Morgan fingerprint density at radius 2 is 2.18 bits per heavy atom. The van der Waals surface area contributed by atoms with Crippen LogP contribution in [0.5, 0.6) is 0 Å². The zero-order valence-corrected chi connectivity index (χ0v) is 9.77. The summed E-state index contributed by atoms with van der Waals surface area (Å²) in [6.45, 7) is 4.05. The van der Waals surface area contributed by atoms with Gasteiger partial charge in [0.2, 0.25) is 5.76 Å². The molecule has 4 nitrogen and oxygen atoms in total. The molecule has 2 aromatic rings. The van der Waals surface area contributed by atoms with Crippen molar-refractivity contribution in [1.82, 2.24) is 4.98 Å². The summed E-state index contributed by atoms with van der Waals surface area (Å²) in [7, 11) is 0. The lowest BCUT2D eigenvalue weighted by Gasteiger charge is -1.98. The standard InChI is InChI=1S/C13H13NO3/c1-3-16-13(15)12-7-6-11(17-12)10-5-4-9(2)8-14-10/h4-8H,3H2,1-2H3. The van der Waals surface area contributed by atoms with Crippen molar-refractivity contribution in [3.8, 4) is 11.5 Å². The Hall–Kier alpha value is -2.10. The van der Waals surface area contributed by atoms with E-state index in [1.165, 1.54) is 0 Å². The van der Waals surface area contributed by atoms with Crippen LogP contribution in [-0.4, -0.2) is 17.6 Å². The molecule has 2 rings (SSSR count).